The topological polar surface area (TPSA) is 13.1 Å². The SMILES string of the molecule is Cc1ccc2sc3ccc4c(Cc5ccc6oc7ccc8ccccc8c7c6c5)cccc4c3c2c1. The Kier molecular flexibility index (Phi) is 4.15. The van der Waals surface area contributed by atoms with Gasteiger partial charge in [-0.1, -0.05) is 72.3 Å². The summed E-state index contributed by atoms with van der Waals surface area (Å²) in [6.45, 7) is 2.18. The Hall–Kier alpha value is -4.14. The third-order valence-electron chi connectivity index (χ3n) is 7.56. The molecule has 2 heterocycles. The molecule has 0 saturated carbocycles. The molecule has 2 aromatic heterocycles. The minimum atomic E-state index is 0.886. The minimum Gasteiger partial charge on any atom is -0.456 e. The quantitative estimate of drug-likeness (QED) is 0.241. The average molecular weight is 479 g/mol. The molecular weight excluding hydrogens is 456 g/mol. The first kappa shape index (κ1) is 20.1. The van der Waals surface area contributed by atoms with Gasteiger partial charge in [0.1, 0.15) is 11.2 Å². The molecule has 0 aliphatic rings. The van der Waals surface area contributed by atoms with E-state index in [1.807, 2.05) is 11.3 Å². The summed E-state index contributed by atoms with van der Waals surface area (Å²) >= 11 is 1.89. The molecule has 0 atom stereocenters. The fraction of sp³-hybridized carbons (Fsp3) is 0.0588. The lowest BCUT2D eigenvalue weighted by molar-refractivity contribution is 0.669. The second-order valence-electron chi connectivity index (χ2n) is 9.82. The van der Waals surface area contributed by atoms with Crippen LogP contribution in [0.1, 0.15) is 16.7 Å². The Labute approximate surface area is 212 Å². The van der Waals surface area contributed by atoms with E-state index in [1.165, 1.54) is 69.2 Å². The van der Waals surface area contributed by atoms with Crippen LogP contribution in [-0.2, 0) is 6.42 Å². The predicted molar refractivity (Wildman–Crippen MR) is 156 cm³/mol. The van der Waals surface area contributed by atoms with Crippen LogP contribution in [0.5, 0.6) is 0 Å². The zero-order valence-electron chi connectivity index (χ0n) is 19.8. The third kappa shape index (κ3) is 2.88. The highest BCUT2D eigenvalue weighted by Gasteiger charge is 2.14. The van der Waals surface area contributed by atoms with Gasteiger partial charge in [0.15, 0.2) is 0 Å². The summed E-state index contributed by atoms with van der Waals surface area (Å²) in [6, 6.07) is 37.7. The molecule has 2 heteroatoms. The molecule has 8 aromatic rings. The summed E-state index contributed by atoms with van der Waals surface area (Å²) < 4.78 is 8.95. The second-order valence-corrected chi connectivity index (χ2v) is 10.9. The van der Waals surface area contributed by atoms with Crippen molar-refractivity contribution in [3.63, 3.8) is 0 Å². The van der Waals surface area contributed by atoms with Crippen molar-refractivity contribution in [1.29, 1.82) is 0 Å². The van der Waals surface area contributed by atoms with Crippen LogP contribution < -0.4 is 0 Å². The summed E-state index contributed by atoms with van der Waals surface area (Å²) in [7, 11) is 0. The second kappa shape index (κ2) is 7.43. The van der Waals surface area contributed by atoms with Gasteiger partial charge in [-0.2, -0.15) is 0 Å². The molecule has 1 nitrogen and oxygen atoms in total. The Morgan fingerprint density at radius 2 is 1.44 bits per heavy atom. The van der Waals surface area contributed by atoms with Crippen molar-refractivity contribution in [3.8, 4) is 0 Å². The van der Waals surface area contributed by atoms with Crippen LogP contribution in [-0.4, -0.2) is 0 Å². The van der Waals surface area contributed by atoms with Gasteiger partial charge in [0.25, 0.3) is 0 Å². The van der Waals surface area contributed by atoms with Gasteiger partial charge in [-0.15, -0.1) is 11.3 Å². The lowest BCUT2D eigenvalue weighted by Crippen LogP contribution is -1.90. The number of hydrogen-bond acceptors (Lipinski definition) is 2. The van der Waals surface area contributed by atoms with Crippen LogP contribution in [0.25, 0.3) is 63.7 Å². The molecule has 0 N–H and O–H groups in total. The van der Waals surface area contributed by atoms with Crippen molar-refractivity contribution >= 4 is 75.0 Å². The zero-order chi connectivity index (χ0) is 23.8. The van der Waals surface area contributed by atoms with Crippen LogP contribution in [0.2, 0.25) is 0 Å². The molecule has 0 aliphatic carbocycles. The fourth-order valence-corrected chi connectivity index (χ4v) is 6.99. The normalized spacial score (nSPS) is 12.1. The van der Waals surface area contributed by atoms with Crippen molar-refractivity contribution in [2.24, 2.45) is 0 Å². The largest absolute Gasteiger partial charge is 0.456 e. The molecule has 0 spiro atoms. The summed E-state index contributed by atoms with van der Waals surface area (Å²) in [5.74, 6) is 0. The number of thiophene rings is 1. The molecule has 0 fully saturated rings. The lowest BCUT2D eigenvalue weighted by Gasteiger charge is -2.09. The van der Waals surface area contributed by atoms with Crippen LogP contribution >= 0.6 is 11.3 Å². The van der Waals surface area contributed by atoms with Crippen LogP contribution in [0, 0.1) is 6.92 Å². The molecular formula is C34H22OS. The van der Waals surface area contributed by atoms with Gasteiger partial charge in [-0.25, -0.2) is 0 Å². The Morgan fingerprint density at radius 3 is 2.42 bits per heavy atom. The number of furan rings is 1. The lowest BCUT2D eigenvalue weighted by atomic mass is 9.95. The van der Waals surface area contributed by atoms with Crippen molar-refractivity contribution < 1.29 is 4.42 Å². The molecule has 0 bridgehead atoms. The monoisotopic (exact) mass is 478 g/mol. The highest BCUT2D eigenvalue weighted by Crippen LogP contribution is 2.40. The van der Waals surface area contributed by atoms with Gasteiger partial charge in [0, 0.05) is 30.9 Å². The van der Waals surface area contributed by atoms with Gasteiger partial charge in [0.2, 0.25) is 0 Å². The standard InChI is InChI=1S/C34H22OS/c1-20-9-15-31-28(17-20)34-26-8-4-6-23(24(26)12-16-32(34)36-31)18-21-10-13-29-27(19-21)33-25-7-3-2-5-22(25)11-14-30(33)35-29/h2-17,19H,18H2,1H3. The maximum absolute atomic E-state index is 6.23. The van der Waals surface area contributed by atoms with Crippen LogP contribution in [0.4, 0.5) is 0 Å². The third-order valence-corrected chi connectivity index (χ3v) is 8.69. The Balaban J connectivity index is 1.32. The molecule has 0 saturated heterocycles. The minimum absolute atomic E-state index is 0.886. The van der Waals surface area contributed by atoms with E-state index in [2.05, 4.69) is 110 Å². The molecule has 36 heavy (non-hydrogen) atoms. The highest BCUT2D eigenvalue weighted by molar-refractivity contribution is 7.26. The molecule has 0 radical (unpaired) electrons. The van der Waals surface area contributed by atoms with E-state index in [0.29, 0.717) is 0 Å². The van der Waals surface area contributed by atoms with E-state index in [9.17, 15) is 0 Å². The number of benzene rings is 6. The van der Waals surface area contributed by atoms with Gasteiger partial charge in [-0.3, -0.25) is 0 Å². The maximum atomic E-state index is 6.23. The first-order valence-electron chi connectivity index (χ1n) is 12.4. The maximum Gasteiger partial charge on any atom is 0.136 e. The summed E-state index contributed by atoms with van der Waals surface area (Å²) in [4.78, 5) is 0. The first-order chi connectivity index (χ1) is 17.7. The molecule has 0 amide bonds. The summed E-state index contributed by atoms with van der Waals surface area (Å²) in [6.07, 6.45) is 0.886. The number of rotatable bonds is 2. The van der Waals surface area contributed by atoms with Crippen LogP contribution in [0.15, 0.2) is 108 Å². The van der Waals surface area contributed by atoms with Gasteiger partial charge >= 0.3 is 0 Å². The zero-order valence-corrected chi connectivity index (χ0v) is 20.7. The van der Waals surface area contributed by atoms with E-state index in [4.69, 9.17) is 4.42 Å². The van der Waals surface area contributed by atoms with Crippen LogP contribution in [0.3, 0.4) is 0 Å². The molecule has 170 valence electrons. The molecule has 0 unspecified atom stereocenters. The Bertz CT molecular complexity index is 2140. The van der Waals surface area contributed by atoms with Crippen molar-refractivity contribution in [2.45, 2.75) is 13.3 Å². The van der Waals surface area contributed by atoms with E-state index in [0.717, 1.165) is 17.6 Å². The van der Waals surface area contributed by atoms with Gasteiger partial charge in [-0.05, 0) is 82.4 Å². The summed E-state index contributed by atoms with van der Waals surface area (Å²) in [5, 5.41) is 10.4. The van der Waals surface area contributed by atoms with E-state index in [1.54, 1.807) is 0 Å². The smallest absolute Gasteiger partial charge is 0.136 e. The fourth-order valence-electron chi connectivity index (χ4n) is 5.89. The van der Waals surface area contributed by atoms with E-state index >= 15 is 0 Å². The number of aryl methyl sites for hydroxylation is 1. The predicted octanol–water partition coefficient (Wildman–Crippen LogP) is 10.2. The summed E-state index contributed by atoms with van der Waals surface area (Å²) in [5.41, 5.74) is 5.87. The van der Waals surface area contributed by atoms with Gasteiger partial charge < -0.3 is 4.42 Å². The van der Waals surface area contributed by atoms with Crippen molar-refractivity contribution in [3.05, 3.63) is 120 Å². The molecule has 0 aliphatic heterocycles. The van der Waals surface area contributed by atoms with E-state index in [-0.39, 0.29) is 0 Å². The van der Waals surface area contributed by atoms with E-state index < -0.39 is 0 Å². The molecule has 8 rings (SSSR count). The highest BCUT2D eigenvalue weighted by atomic mass is 32.1. The molecule has 6 aromatic carbocycles. The number of hydrogen-bond donors (Lipinski definition) is 0. The average Bonchev–Trinajstić information content (AvgIpc) is 3.47. The Morgan fingerprint density at radius 1 is 0.583 bits per heavy atom. The van der Waals surface area contributed by atoms with Crippen molar-refractivity contribution in [2.75, 3.05) is 0 Å². The first-order valence-corrected chi connectivity index (χ1v) is 13.2. The number of fused-ring (bicyclic) bond motifs is 10. The van der Waals surface area contributed by atoms with Crippen molar-refractivity contribution in [1.82, 2.24) is 0 Å². The van der Waals surface area contributed by atoms with Gasteiger partial charge in [0.05, 0.1) is 0 Å².